The van der Waals surface area contributed by atoms with Crippen molar-refractivity contribution in [2.75, 3.05) is 26.8 Å². The maximum atomic E-state index is 6.12. The predicted molar refractivity (Wildman–Crippen MR) is 133 cm³/mol. The summed E-state index contributed by atoms with van der Waals surface area (Å²) in [6.45, 7) is 7.97. The van der Waals surface area contributed by atoms with Crippen LogP contribution in [0.5, 0.6) is 5.75 Å². The van der Waals surface area contributed by atoms with Gasteiger partial charge >= 0.3 is 0 Å². The van der Waals surface area contributed by atoms with Crippen LogP contribution in [-0.4, -0.2) is 48.4 Å². The Kier molecular flexibility index (Phi) is 7.83. The molecule has 7 nitrogen and oxygen atoms in total. The lowest BCUT2D eigenvalue weighted by molar-refractivity contribution is 0.0676. The number of benzene rings is 2. The molecule has 2 heterocycles. The Morgan fingerprint density at radius 3 is 2.91 bits per heavy atom. The van der Waals surface area contributed by atoms with E-state index < -0.39 is 0 Å². The first-order valence-corrected chi connectivity index (χ1v) is 11.8. The zero-order valence-electron chi connectivity index (χ0n) is 19.9. The van der Waals surface area contributed by atoms with Crippen molar-refractivity contribution in [2.24, 2.45) is 4.99 Å². The summed E-state index contributed by atoms with van der Waals surface area (Å²) in [5.74, 6) is 2.75. The molecule has 1 aliphatic heterocycles. The van der Waals surface area contributed by atoms with Gasteiger partial charge in [0, 0.05) is 38.9 Å². The average molecular weight is 450 g/mol. The largest absolute Gasteiger partial charge is 0.491 e. The molecule has 2 N–H and O–H groups in total. The first kappa shape index (κ1) is 23.1. The number of aliphatic imine (C=N–C) groups is 1. The summed E-state index contributed by atoms with van der Waals surface area (Å²) in [6, 6.07) is 14.6. The van der Waals surface area contributed by atoms with Crippen molar-refractivity contribution in [3.63, 3.8) is 0 Å². The summed E-state index contributed by atoms with van der Waals surface area (Å²) < 4.78 is 14.1. The molecule has 0 amide bonds. The van der Waals surface area contributed by atoms with Crippen LogP contribution in [0.4, 0.5) is 0 Å². The Morgan fingerprint density at radius 2 is 2.09 bits per heavy atom. The number of ether oxygens (including phenoxy) is 2. The Labute approximate surface area is 196 Å². The van der Waals surface area contributed by atoms with E-state index in [0.717, 1.165) is 67.6 Å². The number of hydrogen-bond donors (Lipinski definition) is 2. The quantitative estimate of drug-likeness (QED) is 0.294. The molecule has 7 heteroatoms. The van der Waals surface area contributed by atoms with Gasteiger partial charge in [0.15, 0.2) is 5.96 Å². The molecule has 0 bridgehead atoms. The number of aromatic nitrogens is 2. The molecule has 1 aliphatic rings. The minimum absolute atomic E-state index is 0.206. The molecule has 0 radical (unpaired) electrons. The van der Waals surface area contributed by atoms with Crippen LogP contribution in [0.3, 0.4) is 0 Å². The first-order chi connectivity index (χ1) is 16.1. The van der Waals surface area contributed by atoms with Gasteiger partial charge in [-0.2, -0.15) is 0 Å². The maximum absolute atomic E-state index is 6.12. The fraction of sp³-hybridized carbons (Fsp3) is 0.462. The van der Waals surface area contributed by atoms with E-state index in [1.807, 2.05) is 6.07 Å². The molecular formula is C26H35N5O2. The topological polar surface area (TPSA) is 72.7 Å². The van der Waals surface area contributed by atoms with Gasteiger partial charge in [-0.15, -0.1) is 0 Å². The van der Waals surface area contributed by atoms with Crippen LogP contribution >= 0.6 is 0 Å². The molecule has 0 spiro atoms. The van der Waals surface area contributed by atoms with Gasteiger partial charge in [0.25, 0.3) is 0 Å². The molecule has 1 aromatic heterocycles. The fourth-order valence-corrected chi connectivity index (χ4v) is 4.22. The summed E-state index contributed by atoms with van der Waals surface area (Å²) in [5.41, 5.74) is 4.54. The third-order valence-electron chi connectivity index (χ3n) is 6.04. The first-order valence-electron chi connectivity index (χ1n) is 11.8. The Balaban J connectivity index is 1.26. The van der Waals surface area contributed by atoms with Crippen molar-refractivity contribution in [2.45, 2.75) is 52.3 Å². The SMILES string of the molecule is CN=C(NCCCn1c(C)nc2ccccc21)NCc1ccc(C)cc1OCC1CCCO1. The number of aryl methyl sites for hydroxylation is 3. The van der Waals surface area contributed by atoms with E-state index in [0.29, 0.717) is 13.2 Å². The molecule has 3 aromatic rings. The average Bonchev–Trinajstić information content (AvgIpc) is 3.45. The summed E-state index contributed by atoms with van der Waals surface area (Å²) in [5, 5.41) is 6.84. The lowest BCUT2D eigenvalue weighted by atomic mass is 10.1. The van der Waals surface area contributed by atoms with Crippen molar-refractivity contribution in [1.82, 2.24) is 20.2 Å². The number of para-hydroxylation sites is 2. The summed E-state index contributed by atoms with van der Waals surface area (Å²) in [6.07, 6.45) is 3.37. The standard InChI is InChI=1S/C26H35N5O2/c1-19-11-12-21(25(16-19)33-18-22-8-6-15-32-22)17-29-26(27-3)28-13-7-14-31-20(2)30-23-9-4-5-10-24(23)31/h4-5,9-12,16,22H,6-8,13-15,17-18H2,1-3H3,(H2,27,28,29). The minimum Gasteiger partial charge on any atom is -0.491 e. The number of guanidine groups is 1. The highest BCUT2D eigenvalue weighted by atomic mass is 16.5. The molecule has 2 aromatic carbocycles. The number of hydrogen-bond acceptors (Lipinski definition) is 4. The highest BCUT2D eigenvalue weighted by Crippen LogP contribution is 2.22. The predicted octanol–water partition coefficient (Wildman–Crippen LogP) is 3.97. The third-order valence-corrected chi connectivity index (χ3v) is 6.04. The van der Waals surface area contributed by atoms with Gasteiger partial charge in [-0.3, -0.25) is 4.99 Å². The van der Waals surface area contributed by atoms with Crippen LogP contribution in [0, 0.1) is 13.8 Å². The monoisotopic (exact) mass is 449 g/mol. The molecular weight excluding hydrogens is 414 g/mol. The highest BCUT2D eigenvalue weighted by molar-refractivity contribution is 5.79. The van der Waals surface area contributed by atoms with Crippen molar-refractivity contribution in [3.05, 3.63) is 59.4 Å². The van der Waals surface area contributed by atoms with E-state index in [9.17, 15) is 0 Å². The number of nitrogens with one attached hydrogen (secondary N) is 2. The van der Waals surface area contributed by atoms with E-state index in [-0.39, 0.29) is 6.10 Å². The molecule has 4 rings (SSSR count). The van der Waals surface area contributed by atoms with Gasteiger partial charge < -0.3 is 24.7 Å². The lowest BCUT2D eigenvalue weighted by Gasteiger charge is -2.17. The van der Waals surface area contributed by atoms with Gasteiger partial charge in [-0.1, -0.05) is 24.3 Å². The summed E-state index contributed by atoms with van der Waals surface area (Å²) in [7, 11) is 1.80. The second-order valence-electron chi connectivity index (χ2n) is 8.56. The van der Waals surface area contributed by atoms with Crippen molar-refractivity contribution < 1.29 is 9.47 Å². The highest BCUT2D eigenvalue weighted by Gasteiger charge is 2.17. The lowest BCUT2D eigenvalue weighted by Crippen LogP contribution is -2.37. The van der Waals surface area contributed by atoms with Crippen LogP contribution in [0.25, 0.3) is 11.0 Å². The van der Waals surface area contributed by atoms with Gasteiger partial charge in [-0.05, 0) is 56.9 Å². The van der Waals surface area contributed by atoms with Crippen LogP contribution < -0.4 is 15.4 Å². The van der Waals surface area contributed by atoms with Gasteiger partial charge in [0.2, 0.25) is 0 Å². The van der Waals surface area contributed by atoms with Crippen molar-refractivity contribution in [3.8, 4) is 5.75 Å². The van der Waals surface area contributed by atoms with E-state index in [1.54, 1.807) is 7.05 Å². The Hall–Kier alpha value is -3.06. The smallest absolute Gasteiger partial charge is 0.191 e. The van der Waals surface area contributed by atoms with Gasteiger partial charge in [0.05, 0.1) is 17.1 Å². The molecule has 33 heavy (non-hydrogen) atoms. The van der Waals surface area contributed by atoms with E-state index in [4.69, 9.17) is 9.47 Å². The van der Waals surface area contributed by atoms with Crippen molar-refractivity contribution >= 4 is 17.0 Å². The number of fused-ring (bicyclic) bond motifs is 1. The molecule has 1 saturated heterocycles. The molecule has 0 saturated carbocycles. The number of rotatable bonds is 9. The molecule has 0 aliphatic carbocycles. The molecule has 176 valence electrons. The number of imidazole rings is 1. The van der Waals surface area contributed by atoms with Crippen LogP contribution in [0.15, 0.2) is 47.5 Å². The van der Waals surface area contributed by atoms with E-state index in [1.165, 1.54) is 11.1 Å². The van der Waals surface area contributed by atoms with E-state index in [2.05, 4.69) is 75.4 Å². The summed E-state index contributed by atoms with van der Waals surface area (Å²) >= 11 is 0. The van der Waals surface area contributed by atoms with Gasteiger partial charge in [0.1, 0.15) is 18.2 Å². The molecule has 1 unspecified atom stereocenters. The fourth-order valence-electron chi connectivity index (χ4n) is 4.22. The minimum atomic E-state index is 0.206. The summed E-state index contributed by atoms with van der Waals surface area (Å²) in [4.78, 5) is 9.02. The Bertz CT molecular complexity index is 1090. The molecule has 1 fully saturated rings. The van der Waals surface area contributed by atoms with Gasteiger partial charge in [-0.25, -0.2) is 4.98 Å². The van der Waals surface area contributed by atoms with Crippen LogP contribution in [0.2, 0.25) is 0 Å². The zero-order valence-corrected chi connectivity index (χ0v) is 19.9. The Morgan fingerprint density at radius 1 is 1.21 bits per heavy atom. The second kappa shape index (κ2) is 11.2. The zero-order chi connectivity index (χ0) is 23.0. The third kappa shape index (κ3) is 6.05. The second-order valence-corrected chi connectivity index (χ2v) is 8.56. The van der Waals surface area contributed by atoms with Crippen LogP contribution in [0.1, 0.15) is 36.2 Å². The normalized spacial score (nSPS) is 16.3. The maximum Gasteiger partial charge on any atom is 0.191 e. The molecule has 1 atom stereocenters. The number of nitrogens with zero attached hydrogens (tertiary/aromatic N) is 3. The van der Waals surface area contributed by atoms with Crippen LogP contribution in [-0.2, 0) is 17.8 Å². The van der Waals surface area contributed by atoms with E-state index >= 15 is 0 Å². The van der Waals surface area contributed by atoms with Crippen molar-refractivity contribution in [1.29, 1.82) is 0 Å².